The molecule has 0 aliphatic heterocycles. The molecule has 0 bridgehead atoms. The molecule has 0 aromatic heterocycles. The maximum absolute atomic E-state index is 10.2. The molecule has 0 spiro atoms. The van der Waals surface area contributed by atoms with Gasteiger partial charge >= 0.3 is 0 Å². The van der Waals surface area contributed by atoms with Crippen molar-refractivity contribution < 1.29 is 10.2 Å². The maximum atomic E-state index is 10.2. The van der Waals surface area contributed by atoms with Crippen LogP contribution in [0.5, 0.6) is 5.75 Å². The van der Waals surface area contributed by atoms with E-state index >= 15 is 0 Å². The second-order valence-corrected chi connectivity index (χ2v) is 6.09. The van der Waals surface area contributed by atoms with Gasteiger partial charge in [-0.2, -0.15) is 0 Å². The molecule has 0 amide bonds. The zero-order valence-electron chi connectivity index (χ0n) is 10.4. The smallest absolute Gasteiger partial charge is 0.125 e. The average Bonchev–Trinajstić information content (AvgIpc) is 2.04. The minimum Gasteiger partial charge on any atom is -0.507 e. The van der Waals surface area contributed by atoms with Gasteiger partial charge in [0.05, 0.1) is 5.60 Å². The van der Waals surface area contributed by atoms with E-state index in [2.05, 4.69) is 0 Å². The van der Waals surface area contributed by atoms with E-state index in [-0.39, 0.29) is 11.2 Å². The zero-order chi connectivity index (χ0) is 12.7. The third-order valence-corrected chi connectivity index (χ3v) is 2.76. The Morgan fingerprint density at radius 3 is 1.81 bits per heavy atom. The van der Waals surface area contributed by atoms with Crippen molar-refractivity contribution in [2.75, 3.05) is 0 Å². The average molecular weight is 243 g/mol. The van der Waals surface area contributed by atoms with Gasteiger partial charge in [0.15, 0.2) is 0 Å². The van der Waals surface area contributed by atoms with Gasteiger partial charge in [-0.05, 0) is 31.4 Å². The van der Waals surface area contributed by atoms with E-state index in [0.717, 1.165) is 5.56 Å². The summed E-state index contributed by atoms with van der Waals surface area (Å²) in [6.45, 7) is 9.24. The molecule has 0 heterocycles. The molecule has 0 saturated carbocycles. The van der Waals surface area contributed by atoms with E-state index in [0.29, 0.717) is 10.6 Å². The number of phenolic OH excluding ortho intramolecular Hbond substituents is 1. The highest BCUT2D eigenvalue weighted by molar-refractivity contribution is 6.30. The van der Waals surface area contributed by atoms with Crippen molar-refractivity contribution >= 4 is 11.6 Å². The summed E-state index contributed by atoms with van der Waals surface area (Å²) in [5.74, 6) is 0.129. The van der Waals surface area contributed by atoms with Crippen LogP contribution in [0.15, 0.2) is 12.1 Å². The molecule has 0 aliphatic rings. The number of aromatic hydroxyl groups is 1. The molecule has 1 aromatic rings. The topological polar surface area (TPSA) is 40.5 Å². The first-order chi connectivity index (χ1) is 7.03. The molecule has 2 nitrogen and oxygen atoms in total. The van der Waals surface area contributed by atoms with Gasteiger partial charge in [0.1, 0.15) is 5.75 Å². The largest absolute Gasteiger partial charge is 0.507 e. The molecule has 0 unspecified atom stereocenters. The number of hydrogen-bond acceptors (Lipinski definition) is 2. The lowest BCUT2D eigenvalue weighted by molar-refractivity contribution is 0.0755. The number of phenols is 1. The normalized spacial score (nSPS) is 12.9. The molecule has 90 valence electrons. The Kier molecular flexibility index (Phi) is 3.28. The maximum Gasteiger partial charge on any atom is 0.125 e. The molecular weight excluding hydrogens is 224 g/mol. The number of hydrogen-bond donors (Lipinski definition) is 2. The van der Waals surface area contributed by atoms with Crippen LogP contribution < -0.4 is 0 Å². The highest BCUT2D eigenvalue weighted by atomic mass is 35.5. The van der Waals surface area contributed by atoms with E-state index < -0.39 is 5.60 Å². The van der Waals surface area contributed by atoms with Crippen molar-refractivity contribution in [3.63, 3.8) is 0 Å². The van der Waals surface area contributed by atoms with Crippen molar-refractivity contribution in [1.29, 1.82) is 0 Å². The van der Waals surface area contributed by atoms with Crippen molar-refractivity contribution in [3.8, 4) is 5.75 Å². The summed E-state index contributed by atoms with van der Waals surface area (Å²) in [5.41, 5.74) is -0.105. The van der Waals surface area contributed by atoms with Crippen LogP contribution in [-0.4, -0.2) is 10.2 Å². The highest BCUT2D eigenvalue weighted by Gasteiger charge is 2.27. The molecular formula is C13H19ClO2. The van der Waals surface area contributed by atoms with E-state index in [1.807, 2.05) is 20.8 Å². The van der Waals surface area contributed by atoms with Crippen molar-refractivity contribution in [2.24, 2.45) is 0 Å². The lowest BCUT2D eigenvalue weighted by Gasteiger charge is -2.26. The molecule has 1 rings (SSSR count). The minimum atomic E-state index is -1.10. The molecule has 2 N–H and O–H groups in total. The molecule has 16 heavy (non-hydrogen) atoms. The van der Waals surface area contributed by atoms with Crippen LogP contribution in [0.25, 0.3) is 0 Å². The van der Waals surface area contributed by atoms with E-state index in [1.165, 1.54) is 0 Å². The standard InChI is InChI=1S/C13H19ClO2/c1-12(2,3)9-6-8(14)7-10(11(9)15)13(4,5)16/h6-7,15-16H,1-5H3. The fraction of sp³-hybridized carbons (Fsp3) is 0.538. The molecule has 0 radical (unpaired) electrons. The number of aliphatic hydroxyl groups is 1. The monoisotopic (exact) mass is 242 g/mol. The first kappa shape index (κ1) is 13.3. The summed E-state index contributed by atoms with van der Waals surface area (Å²) in [4.78, 5) is 0. The Morgan fingerprint density at radius 2 is 1.44 bits per heavy atom. The predicted molar refractivity (Wildman–Crippen MR) is 67.1 cm³/mol. The predicted octanol–water partition coefficient (Wildman–Crippen LogP) is 3.57. The Hall–Kier alpha value is -0.730. The van der Waals surface area contributed by atoms with Gasteiger partial charge in [-0.1, -0.05) is 32.4 Å². The van der Waals surface area contributed by atoms with E-state index in [1.54, 1.807) is 26.0 Å². The Morgan fingerprint density at radius 1 is 1.00 bits per heavy atom. The van der Waals surface area contributed by atoms with Gasteiger partial charge in [-0.25, -0.2) is 0 Å². The van der Waals surface area contributed by atoms with E-state index in [4.69, 9.17) is 11.6 Å². The van der Waals surface area contributed by atoms with Gasteiger partial charge in [0.25, 0.3) is 0 Å². The number of halogens is 1. The van der Waals surface area contributed by atoms with Crippen molar-refractivity contribution in [1.82, 2.24) is 0 Å². The second kappa shape index (κ2) is 3.94. The van der Waals surface area contributed by atoms with Gasteiger partial charge in [-0.15, -0.1) is 0 Å². The SMILES string of the molecule is CC(C)(C)c1cc(Cl)cc(C(C)(C)O)c1O. The summed E-state index contributed by atoms with van der Waals surface area (Å²) >= 11 is 6.01. The van der Waals surface area contributed by atoms with Crippen LogP contribution in [0.1, 0.15) is 45.7 Å². The van der Waals surface area contributed by atoms with E-state index in [9.17, 15) is 10.2 Å². The fourth-order valence-corrected chi connectivity index (χ4v) is 1.86. The summed E-state index contributed by atoms with van der Waals surface area (Å²) in [7, 11) is 0. The highest BCUT2D eigenvalue weighted by Crippen LogP contribution is 2.39. The second-order valence-electron chi connectivity index (χ2n) is 5.66. The van der Waals surface area contributed by atoms with Gasteiger partial charge in [0, 0.05) is 16.1 Å². The van der Waals surface area contributed by atoms with Gasteiger partial charge in [0.2, 0.25) is 0 Å². The van der Waals surface area contributed by atoms with Crippen LogP contribution in [0.3, 0.4) is 0 Å². The summed E-state index contributed by atoms with van der Waals surface area (Å²) in [6.07, 6.45) is 0. The van der Waals surface area contributed by atoms with Crippen LogP contribution in [0, 0.1) is 0 Å². The minimum absolute atomic E-state index is 0.129. The molecule has 0 fully saturated rings. The Balaban J connectivity index is 3.51. The van der Waals surface area contributed by atoms with Crippen LogP contribution in [-0.2, 0) is 11.0 Å². The number of rotatable bonds is 1. The summed E-state index contributed by atoms with van der Waals surface area (Å²) in [5, 5.41) is 20.7. The summed E-state index contributed by atoms with van der Waals surface area (Å²) in [6, 6.07) is 3.35. The molecule has 0 aliphatic carbocycles. The molecule has 1 aromatic carbocycles. The lowest BCUT2D eigenvalue weighted by atomic mass is 9.83. The molecule has 3 heteroatoms. The fourth-order valence-electron chi connectivity index (χ4n) is 1.64. The number of benzene rings is 1. The Labute approximate surface area is 102 Å². The lowest BCUT2D eigenvalue weighted by Crippen LogP contribution is -2.19. The third-order valence-electron chi connectivity index (χ3n) is 2.54. The molecule has 0 saturated heterocycles. The van der Waals surface area contributed by atoms with Crippen molar-refractivity contribution in [2.45, 2.75) is 45.6 Å². The van der Waals surface area contributed by atoms with Crippen LogP contribution in [0.2, 0.25) is 5.02 Å². The third kappa shape index (κ3) is 2.69. The quantitative estimate of drug-likeness (QED) is 0.791. The summed E-state index contributed by atoms with van der Waals surface area (Å²) < 4.78 is 0. The van der Waals surface area contributed by atoms with Gasteiger partial charge < -0.3 is 10.2 Å². The van der Waals surface area contributed by atoms with Gasteiger partial charge in [-0.3, -0.25) is 0 Å². The first-order valence-electron chi connectivity index (χ1n) is 5.29. The van der Waals surface area contributed by atoms with Crippen molar-refractivity contribution in [3.05, 3.63) is 28.3 Å². The van der Waals surface area contributed by atoms with Crippen LogP contribution in [0.4, 0.5) is 0 Å². The van der Waals surface area contributed by atoms with Crippen LogP contribution >= 0.6 is 11.6 Å². The molecule has 0 atom stereocenters. The first-order valence-corrected chi connectivity index (χ1v) is 5.67. The zero-order valence-corrected chi connectivity index (χ0v) is 11.2. The Bertz CT molecular complexity index is 362.